The van der Waals surface area contributed by atoms with Crippen LogP contribution in [-0.2, 0) is 4.57 Å². The van der Waals surface area contributed by atoms with Gasteiger partial charge in [-0.1, -0.05) is 5.92 Å². The Morgan fingerprint density at radius 2 is 1.82 bits per heavy atom. The van der Waals surface area contributed by atoms with Gasteiger partial charge < -0.3 is 9.46 Å². The smallest absolute Gasteiger partial charge is 0.799 e. The zero-order valence-corrected chi connectivity index (χ0v) is 8.79. The van der Waals surface area contributed by atoms with Gasteiger partial charge >= 0.3 is 29.6 Å². The first-order valence-corrected chi connectivity index (χ1v) is 3.46. The van der Waals surface area contributed by atoms with Gasteiger partial charge in [0.15, 0.2) is 0 Å². The fraction of sp³-hybridized carbons (Fsp3) is 0.200. The van der Waals surface area contributed by atoms with Crippen molar-refractivity contribution in [2.24, 2.45) is 0 Å². The summed E-state index contributed by atoms with van der Waals surface area (Å²) in [6.45, 7) is 0. The summed E-state index contributed by atoms with van der Waals surface area (Å²) in [6, 6.07) is 2.47. The van der Waals surface area contributed by atoms with Gasteiger partial charge in [-0.3, -0.25) is 0 Å². The minimum absolute atomic E-state index is 0. The molecule has 11 heavy (non-hydrogen) atoms. The first kappa shape index (κ1) is 13.3. The molecule has 6 heteroatoms. The molecule has 0 spiro atoms. The molecule has 1 atom stereocenters. The Labute approximate surface area is 87.0 Å². The first-order chi connectivity index (χ1) is 4.63. The first-order valence-electron chi connectivity index (χ1n) is 2.14. The van der Waals surface area contributed by atoms with Crippen LogP contribution in [-0.4, -0.2) is 5.16 Å². The van der Waals surface area contributed by atoms with Crippen LogP contribution < -0.4 is 34.5 Å². The SMILES string of the molecule is C#CC(C#N)(C#N)[PH](=O)[O-].[Na+]. The van der Waals surface area contributed by atoms with Crippen molar-refractivity contribution >= 4 is 8.03 Å². The Morgan fingerprint density at radius 3 is 1.82 bits per heavy atom. The van der Waals surface area contributed by atoms with E-state index < -0.39 is 13.2 Å². The van der Waals surface area contributed by atoms with Crippen LogP contribution in [0.4, 0.5) is 0 Å². The van der Waals surface area contributed by atoms with E-state index in [0.29, 0.717) is 0 Å². The van der Waals surface area contributed by atoms with Crippen LogP contribution in [0.3, 0.4) is 0 Å². The van der Waals surface area contributed by atoms with Crippen molar-refractivity contribution in [1.29, 1.82) is 10.5 Å². The van der Waals surface area contributed by atoms with Crippen LogP contribution in [0.1, 0.15) is 0 Å². The summed E-state index contributed by atoms with van der Waals surface area (Å²) >= 11 is 0. The molecule has 0 saturated carbocycles. The number of nitrogens with zero attached hydrogens (tertiary/aromatic N) is 2. The molecule has 0 radical (unpaired) electrons. The van der Waals surface area contributed by atoms with Crippen molar-refractivity contribution in [3.8, 4) is 24.5 Å². The van der Waals surface area contributed by atoms with E-state index >= 15 is 0 Å². The molecule has 0 fully saturated rings. The fourth-order valence-corrected chi connectivity index (χ4v) is 0.540. The molecule has 1 unspecified atom stereocenters. The molecule has 0 heterocycles. The van der Waals surface area contributed by atoms with Crippen molar-refractivity contribution in [3.63, 3.8) is 0 Å². The van der Waals surface area contributed by atoms with Crippen LogP contribution in [0, 0.1) is 35.0 Å². The summed E-state index contributed by atoms with van der Waals surface area (Å²) in [6.07, 6.45) is 4.66. The van der Waals surface area contributed by atoms with E-state index in [0.717, 1.165) is 0 Å². The molecule has 0 aromatic rings. The molecular weight excluding hydrogens is 174 g/mol. The monoisotopic (exact) mass is 176 g/mol. The van der Waals surface area contributed by atoms with Gasteiger partial charge in [0.2, 0.25) is 5.16 Å². The molecule has 0 aromatic carbocycles. The maximum Gasteiger partial charge on any atom is 1.00 e. The number of hydrogen-bond donors (Lipinski definition) is 0. The Bertz CT molecular complexity index is 246. The van der Waals surface area contributed by atoms with Gasteiger partial charge in [0.25, 0.3) is 0 Å². The second kappa shape index (κ2) is 5.39. The van der Waals surface area contributed by atoms with Gasteiger partial charge in [0, 0.05) is 8.03 Å². The zero-order valence-electron chi connectivity index (χ0n) is 5.79. The number of nitriles is 2. The summed E-state index contributed by atoms with van der Waals surface area (Å²) in [4.78, 5) is 10.2. The number of hydrogen-bond acceptors (Lipinski definition) is 4. The summed E-state index contributed by atoms with van der Waals surface area (Å²) in [5.74, 6) is 1.61. The van der Waals surface area contributed by atoms with Gasteiger partial charge in [-0.15, -0.1) is 6.42 Å². The van der Waals surface area contributed by atoms with E-state index in [9.17, 15) is 9.46 Å². The average molecular weight is 176 g/mol. The Morgan fingerprint density at radius 1 is 1.45 bits per heavy atom. The number of terminal acetylenes is 1. The van der Waals surface area contributed by atoms with Gasteiger partial charge in [-0.05, 0) is 0 Å². The third kappa shape index (κ3) is 2.68. The van der Waals surface area contributed by atoms with Crippen LogP contribution in [0.15, 0.2) is 0 Å². The third-order valence-electron chi connectivity index (χ3n) is 0.858. The normalized spacial score (nSPS) is 11.1. The van der Waals surface area contributed by atoms with E-state index in [2.05, 4.69) is 6.42 Å². The predicted molar refractivity (Wildman–Crippen MR) is 31.8 cm³/mol. The standard InChI is InChI=1S/C5H3N2O2P.Na/c1-2-5(3-6,4-7)10(8)9;/h1,10H,(H,8,9);/q;+1/p-1. The molecule has 0 aliphatic heterocycles. The minimum Gasteiger partial charge on any atom is -0.799 e. The Hall–Kier alpha value is -0.270. The summed E-state index contributed by atoms with van der Waals surface area (Å²) < 4.78 is 10.2. The molecule has 0 bridgehead atoms. The molecule has 0 aliphatic rings. The van der Waals surface area contributed by atoms with Gasteiger partial charge in [-0.2, -0.15) is 10.5 Å². The average Bonchev–Trinajstić information content (AvgIpc) is 1.92. The molecule has 0 rings (SSSR count). The minimum atomic E-state index is -3.54. The topological polar surface area (TPSA) is 87.7 Å². The summed E-state index contributed by atoms with van der Waals surface area (Å²) in [5, 5.41) is 14.1. The summed E-state index contributed by atoms with van der Waals surface area (Å²) in [7, 11) is -3.54. The van der Waals surface area contributed by atoms with Crippen molar-refractivity contribution in [2.45, 2.75) is 5.16 Å². The Kier molecular flexibility index (Phi) is 6.53. The van der Waals surface area contributed by atoms with E-state index in [4.69, 9.17) is 10.5 Å². The molecule has 50 valence electrons. The van der Waals surface area contributed by atoms with Crippen molar-refractivity contribution in [1.82, 2.24) is 0 Å². The molecule has 0 aromatic heterocycles. The largest absolute Gasteiger partial charge is 1.00 e. The molecule has 0 aliphatic carbocycles. The van der Waals surface area contributed by atoms with Crippen molar-refractivity contribution < 1.29 is 39.0 Å². The van der Waals surface area contributed by atoms with Gasteiger partial charge in [-0.25, -0.2) is 0 Å². The molecule has 0 amide bonds. The second-order valence-electron chi connectivity index (χ2n) is 1.41. The second-order valence-corrected chi connectivity index (χ2v) is 2.73. The Balaban J connectivity index is 0. The quantitative estimate of drug-likeness (QED) is 0.233. The van der Waals surface area contributed by atoms with E-state index in [1.807, 2.05) is 0 Å². The molecule has 4 nitrogen and oxygen atoms in total. The van der Waals surface area contributed by atoms with Crippen LogP contribution >= 0.6 is 8.03 Å². The van der Waals surface area contributed by atoms with Crippen LogP contribution in [0.25, 0.3) is 0 Å². The number of rotatable bonds is 1. The van der Waals surface area contributed by atoms with Gasteiger partial charge in [0.1, 0.15) is 12.1 Å². The molecule has 0 saturated heterocycles. The van der Waals surface area contributed by atoms with Gasteiger partial charge in [0.05, 0.1) is 0 Å². The van der Waals surface area contributed by atoms with Crippen LogP contribution in [0.2, 0.25) is 0 Å². The maximum atomic E-state index is 10.2. The maximum absolute atomic E-state index is 10.2. The van der Waals surface area contributed by atoms with E-state index in [1.54, 1.807) is 5.92 Å². The van der Waals surface area contributed by atoms with Crippen molar-refractivity contribution in [3.05, 3.63) is 0 Å². The van der Waals surface area contributed by atoms with Crippen LogP contribution in [0.5, 0.6) is 0 Å². The predicted octanol–water partition coefficient (Wildman–Crippen LogP) is -3.76. The summed E-state index contributed by atoms with van der Waals surface area (Å²) in [5.41, 5.74) is 0. The third-order valence-corrected chi connectivity index (χ3v) is 1.84. The zero-order chi connectivity index (χ0) is 8.20. The van der Waals surface area contributed by atoms with E-state index in [1.165, 1.54) is 12.1 Å². The van der Waals surface area contributed by atoms with E-state index in [-0.39, 0.29) is 29.6 Å². The molecular formula is C5H2N2NaO2P. The van der Waals surface area contributed by atoms with Crippen molar-refractivity contribution in [2.75, 3.05) is 0 Å². The fourth-order valence-electron chi connectivity index (χ4n) is 0.240. The molecule has 0 N–H and O–H groups in total.